The van der Waals surface area contributed by atoms with Gasteiger partial charge in [0.15, 0.2) is 0 Å². The number of nitrogens with zero attached hydrogens (tertiary/aromatic N) is 1. The minimum atomic E-state index is -3.44. The fourth-order valence-corrected chi connectivity index (χ4v) is 3.21. The van der Waals surface area contributed by atoms with E-state index in [1.54, 1.807) is 12.0 Å². The third-order valence-electron chi connectivity index (χ3n) is 3.47. The molecule has 0 bridgehead atoms. The summed E-state index contributed by atoms with van der Waals surface area (Å²) < 4.78 is 30.8. The van der Waals surface area contributed by atoms with Crippen molar-refractivity contribution in [3.63, 3.8) is 0 Å². The summed E-state index contributed by atoms with van der Waals surface area (Å²) in [6, 6.07) is -0.756. The van der Waals surface area contributed by atoms with Crippen LogP contribution < -0.4 is 4.72 Å². The van der Waals surface area contributed by atoms with Crippen molar-refractivity contribution in [1.82, 2.24) is 9.62 Å². The van der Waals surface area contributed by atoms with Gasteiger partial charge in [-0.15, -0.1) is 0 Å². The SMILES string of the molecule is CO[C@@H]1CCCN(C(=O)[C@H](NS(C)(=O)=O)C(C)(C)C)C1. The molecule has 0 aromatic rings. The summed E-state index contributed by atoms with van der Waals surface area (Å²) in [5.41, 5.74) is -0.486. The molecular weight excluding hydrogens is 280 g/mol. The van der Waals surface area contributed by atoms with Gasteiger partial charge in [-0.25, -0.2) is 13.1 Å². The smallest absolute Gasteiger partial charge is 0.241 e. The van der Waals surface area contributed by atoms with E-state index in [-0.39, 0.29) is 12.0 Å². The van der Waals surface area contributed by atoms with Crippen molar-refractivity contribution in [2.45, 2.75) is 45.8 Å². The van der Waals surface area contributed by atoms with Crippen molar-refractivity contribution in [3.05, 3.63) is 0 Å². The van der Waals surface area contributed by atoms with Gasteiger partial charge in [-0.2, -0.15) is 0 Å². The minimum absolute atomic E-state index is 0.0338. The number of hydrogen-bond acceptors (Lipinski definition) is 4. The van der Waals surface area contributed by atoms with E-state index in [1.165, 1.54) is 0 Å². The molecule has 1 amide bonds. The van der Waals surface area contributed by atoms with Gasteiger partial charge >= 0.3 is 0 Å². The first-order chi connectivity index (χ1) is 9.04. The Labute approximate surface area is 121 Å². The summed E-state index contributed by atoms with van der Waals surface area (Å²) in [5.74, 6) is -0.176. The first kappa shape index (κ1) is 17.4. The highest BCUT2D eigenvalue weighted by Gasteiger charge is 2.37. The molecule has 2 atom stereocenters. The quantitative estimate of drug-likeness (QED) is 0.825. The Kier molecular flexibility index (Phi) is 5.57. The Morgan fingerprint density at radius 2 is 2.00 bits per heavy atom. The number of hydrogen-bond donors (Lipinski definition) is 1. The normalized spacial score (nSPS) is 22.6. The van der Waals surface area contributed by atoms with E-state index < -0.39 is 21.5 Å². The van der Waals surface area contributed by atoms with E-state index in [4.69, 9.17) is 4.74 Å². The highest BCUT2D eigenvalue weighted by Crippen LogP contribution is 2.23. The van der Waals surface area contributed by atoms with Gasteiger partial charge in [0.05, 0.1) is 12.4 Å². The Balaban J connectivity index is 2.88. The molecule has 1 aliphatic rings. The minimum Gasteiger partial charge on any atom is -0.380 e. The van der Waals surface area contributed by atoms with Gasteiger partial charge < -0.3 is 9.64 Å². The molecule has 0 aromatic heterocycles. The molecule has 1 fully saturated rings. The number of sulfonamides is 1. The number of ether oxygens (including phenoxy) is 1. The third kappa shape index (κ3) is 5.03. The first-order valence-electron chi connectivity index (χ1n) is 6.83. The van der Waals surface area contributed by atoms with Crippen molar-refractivity contribution in [3.8, 4) is 0 Å². The van der Waals surface area contributed by atoms with Crippen LogP contribution in [0.15, 0.2) is 0 Å². The van der Waals surface area contributed by atoms with E-state index in [2.05, 4.69) is 4.72 Å². The second-order valence-electron chi connectivity index (χ2n) is 6.47. The van der Waals surface area contributed by atoms with E-state index in [0.717, 1.165) is 19.1 Å². The second kappa shape index (κ2) is 6.41. The van der Waals surface area contributed by atoms with Gasteiger partial charge in [0.25, 0.3) is 0 Å². The lowest BCUT2D eigenvalue weighted by atomic mass is 9.86. The molecule has 0 aliphatic carbocycles. The van der Waals surface area contributed by atoms with Crippen LogP contribution in [-0.4, -0.2) is 57.8 Å². The highest BCUT2D eigenvalue weighted by atomic mass is 32.2. The van der Waals surface area contributed by atoms with Crippen LogP contribution in [-0.2, 0) is 19.6 Å². The number of piperidine rings is 1. The van der Waals surface area contributed by atoms with Crippen LogP contribution in [0.5, 0.6) is 0 Å². The molecule has 1 heterocycles. The van der Waals surface area contributed by atoms with Gasteiger partial charge in [-0.05, 0) is 18.3 Å². The number of likely N-dealkylation sites (tertiary alicyclic amines) is 1. The van der Waals surface area contributed by atoms with Crippen molar-refractivity contribution in [2.24, 2.45) is 5.41 Å². The molecule has 6 nitrogen and oxygen atoms in total. The zero-order valence-electron chi connectivity index (χ0n) is 13.0. The fourth-order valence-electron chi connectivity index (χ4n) is 2.33. The summed E-state index contributed by atoms with van der Waals surface area (Å²) >= 11 is 0. The van der Waals surface area contributed by atoms with Gasteiger partial charge in [0.2, 0.25) is 15.9 Å². The molecule has 118 valence electrons. The Bertz CT molecular complexity index is 442. The van der Waals surface area contributed by atoms with E-state index in [1.807, 2.05) is 20.8 Å². The van der Waals surface area contributed by atoms with Gasteiger partial charge in [-0.3, -0.25) is 4.79 Å². The number of carbonyl (C=O) groups excluding carboxylic acids is 1. The average molecular weight is 306 g/mol. The molecule has 1 aliphatic heterocycles. The van der Waals surface area contributed by atoms with E-state index in [9.17, 15) is 13.2 Å². The van der Waals surface area contributed by atoms with Crippen molar-refractivity contribution >= 4 is 15.9 Å². The summed E-state index contributed by atoms with van der Waals surface area (Å²) in [6.45, 7) is 6.73. The predicted octanol–water partition coefficient (Wildman–Crippen LogP) is 0.588. The predicted molar refractivity (Wildman–Crippen MR) is 77.8 cm³/mol. The van der Waals surface area contributed by atoms with E-state index in [0.29, 0.717) is 13.1 Å². The van der Waals surface area contributed by atoms with E-state index >= 15 is 0 Å². The van der Waals surface area contributed by atoms with Crippen LogP contribution in [0.3, 0.4) is 0 Å². The van der Waals surface area contributed by atoms with Crippen LogP contribution in [0.4, 0.5) is 0 Å². The summed E-state index contributed by atoms with van der Waals surface area (Å²) in [4.78, 5) is 14.3. The standard InChI is InChI=1S/C13H26N2O4S/c1-13(2,3)11(14-20(5,17)18)12(16)15-8-6-7-10(9-15)19-4/h10-11,14H,6-9H2,1-5H3/t10-,11+/m1/s1. The maximum Gasteiger partial charge on any atom is 0.241 e. The Morgan fingerprint density at radius 1 is 1.40 bits per heavy atom. The van der Waals surface area contributed by atoms with Crippen LogP contribution >= 0.6 is 0 Å². The molecule has 0 radical (unpaired) electrons. The summed E-state index contributed by atoms with van der Waals surface area (Å²) in [7, 11) is -1.80. The maximum atomic E-state index is 12.6. The van der Waals surface area contributed by atoms with Gasteiger partial charge in [0.1, 0.15) is 6.04 Å². The zero-order chi connectivity index (χ0) is 15.6. The monoisotopic (exact) mass is 306 g/mol. The van der Waals surface area contributed by atoms with Gasteiger partial charge in [-0.1, -0.05) is 20.8 Å². The molecular formula is C13H26N2O4S. The topological polar surface area (TPSA) is 75.7 Å². The molecule has 1 N–H and O–H groups in total. The third-order valence-corrected chi connectivity index (χ3v) is 4.13. The number of rotatable bonds is 4. The van der Waals surface area contributed by atoms with Crippen LogP contribution in [0.1, 0.15) is 33.6 Å². The molecule has 7 heteroatoms. The Hall–Kier alpha value is -0.660. The molecule has 0 saturated carbocycles. The van der Waals surface area contributed by atoms with Crippen LogP contribution in [0, 0.1) is 5.41 Å². The first-order valence-corrected chi connectivity index (χ1v) is 8.72. The average Bonchev–Trinajstić information content (AvgIpc) is 2.33. The maximum absolute atomic E-state index is 12.6. The lowest BCUT2D eigenvalue weighted by Crippen LogP contribution is -2.56. The van der Waals surface area contributed by atoms with Crippen LogP contribution in [0.25, 0.3) is 0 Å². The molecule has 0 aromatic carbocycles. The largest absolute Gasteiger partial charge is 0.380 e. The summed E-state index contributed by atoms with van der Waals surface area (Å²) in [5, 5.41) is 0. The molecule has 1 rings (SSSR count). The lowest BCUT2D eigenvalue weighted by molar-refractivity contribution is -0.139. The second-order valence-corrected chi connectivity index (χ2v) is 8.25. The van der Waals surface area contributed by atoms with Crippen LogP contribution in [0.2, 0.25) is 0 Å². The van der Waals surface area contributed by atoms with Crippen molar-refractivity contribution < 1.29 is 17.9 Å². The highest BCUT2D eigenvalue weighted by molar-refractivity contribution is 7.88. The number of amides is 1. The number of carbonyl (C=O) groups is 1. The number of nitrogens with one attached hydrogen (secondary N) is 1. The number of methoxy groups -OCH3 is 1. The fraction of sp³-hybridized carbons (Fsp3) is 0.923. The zero-order valence-corrected chi connectivity index (χ0v) is 13.8. The van der Waals surface area contributed by atoms with Gasteiger partial charge in [0, 0.05) is 20.2 Å². The summed E-state index contributed by atoms with van der Waals surface area (Å²) in [6.07, 6.45) is 2.92. The molecule has 0 unspecified atom stereocenters. The van der Waals surface area contributed by atoms with Crippen molar-refractivity contribution in [2.75, 3.05) is 26.5 Å². The molecule has 0 spiro atoms. The van der Waals surface area contributed by atoms with Crippen molar-refractivity contribution in [1.29, 1.82) is 0 Å². The molecule has 20 heavy (non-hydrogen) atoms. The Morgan fingerprint density at radius 3 is 2.45 bits per heavy atom. The molecule has 1 saturated heterocycles. The lowest BCUT2D eigenvalue weighted by Gasteiger charge is -2.38.